The fourth-order valence-corrected chi connectivity index (χ4v) is 2.72. The lowest BCUT2D eigenvalue weighted by molar-refractivity contribution is -0.131. The first-order valence-electron chi connectivity index (χ1n) is 5.76. The summed E-state index contributed by atoms with van der Waals surface area (Å²) in [6.45, 7) is 4.78. The van der Waals surface area contributed by atoms with Crippen molar-refractivity contribution in [3.8, 4) is 0 Å². The smallest absolute Gasteiger partial charge is 0.222 e. The van der Waals surface area contributed by atoms with Gasteiger partial charge in [0.1, 0.15) is 0 Å². The second-order valence-corrected chi connectivity index (χ2v) is 6.07. The van der Waals surface area contributed by atoms with Gasteiger partial charge in [-0.2, -0.15) is 0 Å². The van der Waals surface area contributed by atoms with E-state index in [9.17, 15) is 13.2 Å². The summed E-state index contributed by atoms with van der Waals surface area (Å²) in [7, 11) is -3.12. The number of likely N-dealkylation sites (tertiary alicyclic amines) is 1. The Morgan fingerprint density at radius 2 is 1.88 bits per heavy atom. The van der Waals surface area contributed by atoms with Crippen molar-refractivity contribution in [2.24, 2.45) is 0 Å². The van der Waals surface area contributed by atoms with E-state index in [4.69, 9.17) is 0 Å². The molecule has 1 N–H and O–H groups in total. The highest BCUT2D eigenvalue weighted by Crippen LogP contribution is 2.12. The van der Waals surface area contributed by atoms with E-state index in [1.807, 2.05) is 6.92 Å². The van der Waals surface area contributed by atoms with Gasteiger partial charge in [-0.3, -0.25) is 4.79 Å². The van der Waals surface area contributed by atoms with Gasteiger partial charge < -0.3 is 4.90 Å². The number of carbonyl (C=O) groups excluding carboxylic acids is 1. The van der Waals surface area contributed by atoms with Crippen LogP contribution in [0.15, 0.2) is 0 Å². The molecule has 0 unspecified atom stereocenters. The average molecular weight is 248 g/mol. The second-order valence-electron chi connectivity index (χ2n) is 4.03. The number of sulfonamides is 1. The van der Waals surface area contributed by atoms with Crippen molar-refractivity contribution < 1.29 is 13.2 Å². The van der Waals surface area contributed by atoms with Gasteiger partial charge in [-0.1, -0.05) is 6.92 Å². The van der Waals surface area contributed by atoms with Crippen molar-refractivity contribution in [1.29, 1.82) is 0 Å². The van der Waals surface area contributed by atoms with Crippen LogP contribution in [0.2, 0.25) is 0 Å². The second kappa shape index (κ2) is 5.63. The van der Waals surface area contributed by atoms with Crippen molar-refractivity contribution in [3.63, 3.8) is 0 Å². The van der Waals surface area contributed by atoms with Gasteiger partial charge in [-0.25, -0.2) is 13.1 Å². The van der Waals surface area contributed by atoms with Gasteiger partial charge in [-0.15, -0.1) is 0 Å². The molecular formula is C10H20N2O3S. The molecule has 0 bridgehead atoms. The molecule has 0 aromatic heterocycles. The SMILES string of the molecule is CCC(=O)N1CCC(NS(=O)(=O)CC)CC1. The Labute approximate surface area is 97.2 Å². The summed E-state index contributed by atoms with van der Waals surface area (Å²) >= 11 is 0. The molecule has 0 aliphatic carbocycles. The first-order valence-corrected chi connectivity index (χ1v) is 7.41. The van der Waals surface area contributed by atoms with E-state index >= 15 is 0 Å². The van der Waals surface area contributed by atoms with Crippen LogP contribution in [0, 0.1) is 0 Å². The summed E-state index contributed by atoms with van der Waals surface area (Å²) in [6, 6.07) is -0.00847. The molecule has 1 fully saturated rings. The summed E-state index contributed by atoms with van der Waals surface area (Å²) in [5.74, 6) is 0.262. The number of piperidine rings is 1. The molecule has 5 nitrogen and oxygen atoms in total. The summed E-state index contributed by atoms with van der Waals surface area (Å²) in [5.41, 5.74) is 0. The molecule has 1 aliphatic rings. The van der Waals surface area contributed by atoms with Crippen LogP contribution in [-0.4, -0.2) is 44.1 Å². The predicted octanol–water partition coefficient (Wildman–Crippen LogP) is 0.327. The van der Waals surface area contributed by atoms with Crippen molar-refractivity contribution >= 4 is 15.9 Å². The van der Waals surface area contributed by atoms with Crippen molar-refractivity contribution in [2.45, 2.75) is 39.2 Å². The molecule has 0 aromatic carbocycles. The maximum Gasteiger partial charge on any atom is 0.222 e. The Morgan fingerprint density at radius 1 is 1.31 bits per heavy atom. The number of amides is 1. The zero-order valence-electron chi connectivity index (χ0n) is 9.90. The molecule has 16 heavy (non-hydrogen) atoms. The lowest BCUT2D eigenvalue weighted by Crippen LogP contribution is -2.46. The highest BCUT2D eigenvalue weighted by atomic mass is 32.2. The van der Waals surface area contributed by atoms with Crippen molar-refractivity contribution in [1.82, 2.24) is 9.62 Å². The van der Waals surface area contributed by atoms with Crippen LogP contribution in [0.4, 0.5) is 0 Å². The van der Waals surface area contributed by atoms with E-state index < -0.39 is 10.0 Å². The van der Waals surface area contributed by atoms with Crippen LogP contribution in [0.1, 0.15) is 33.1 Å². The Kier molecular flexibility index (Phi) is 4.73. The standard InChI is InChI=1S/C10H20N2O3S/c1-3-10(13)12-7-5-9(6-8-12)11-16(14,15)4-2/h9,11H,3-8H2,1-2H3. The minimum absolute atomic E-state index is 0.00847. The highest BCUT2D eigenvalue weighted by molar-refractivity contribution is 7.89. The Balaban J connectivity index is 2.41. The molecule has 0 radical (unpaired) electrons. The summed E-state index contributed by atoms with van der Waals surface area (Å²) in [5, 5.41) is 0. The zero-order chi connectivity index (χ0) is 12.2. The van der Waals surface area contributed by atoms with E-state index in [0.717, 1.165) is 0 Å². The maximum absolute atomic E-state index is 11.4. The molecule has 0 aromatic rings. The molecule has 1 rings (SSSR count). The van der Waals surface area contributed by atoms with Crippen LogP contribution in [0.25, 0.3) is 0 Å². The molecule has 1 saturated heterocycles. The van der Waals surface area contributed by atoms with E-state index in [-0.39, 0.29) is 17.7 Å². The highest BCUT2D eigenvalue weighted by Gasteiger charge is 2.24. The number of hydrogen-bond donors (Lipinski definition) is 1. The first kappa shape index (κ1) is 13.4. The monoisotopic (exact) mass is 248 g/mol. The lowest BCUT2D eigenvalue weighted by atomic mass is 10.1. The van der Waals surface area contributed by atoms with E-state index in [1.54, 1.807) is 11.8 Å². The third-order valence-electron chi connectivity index (χ3n) is 2.88. The van der Waals surface area contributed by atoms with E-state index in [0.29, 0.717) is 32.4 Å². The lowest BCUT2D eigenvalue weighted by Gasteiger charge is -2.32. The molecular weight excluding hydrogens is 228 g/mol. The quantitative estimate of drug-likeness (QED) is 0.779. The largest absolute Gasteiger partial charge is 0.343 e. The zero-order valence-corrected chi connectivity index (χ0v) is 10.7. The molecule has 1 aliphatic heterocycles. The normalized spacial score (nSPS) is 18.8. The van der Waals surface area contributed by atoms with Gasteiger partial charge in [0.25, 0.3) is 0 Å². The van der Waals surface area contributed by atoms with Gasteiger partial charge in [0.05, 0.1) is 5.75 Å². The summed E-state index contributed by atoms with van der Waals surface area (Å²) in [4.78, 5) is 13.2. The predicted molar refractivity (Wildman–Crippen MR) is 62.5 cm³/mol. The van der Waals surface area contributed by atoms with E-state index in [2.05, 4.69) is 4.72 Å². The van der Waals surface area contributed by atoms with Gasteiger partial charge in [0.15, 0.2) is 0 Å². The molecule has 0 saturated carbocycles. The molecule has 0 atom stereocenters. The molecule has 6 heteroatoms. The number of nitrogens with zero attached hydrogens (tertiary/aromatic N) is 1. The summed E-state index contributed by atoms with van der Waals surface area (Å²) in [6.07, 6.45) is 1.95. The van der Waals surface area contributed by atoms with Gasteiger partial charge in [0, 0.05) is 25.6 Å². The van der Waals surface area contributed by atoms with Crippen molar-refractivity contribution in [3.05, 3.63) is 0 Å². The van der Waals surface area contributed by atoms with Crippen LogP contribution >= 0.6 is 0 Å². The topological polar surface area (TPSA) is 66.5 Å². The number of rotatable bonds is 4. The van der Waals surface area contributed by atoms with E-state index in [1.165, 1.54) is 0 Å². The van der Waals surface area contributed by atoms with Crippen LogP contribution in [0.5, 0.6) is 0 Å². The number of carbonyl (C=O) groups is 1. The molecule has 94 valence electrons. The van der Waals surface area contributed by atoms with Crippen LogP contribution in [0.3, 0.4) is 0 Å². The fourth-order valence-electron chi connectivity index (χ4n) is 1.81. The number of nitrogens with one attached hydrogen (secondary N) is 1. The first-order chi connectivity index (χ1) is 7.48. The van der Waals surface area contributed by atoms with Crippen LogP contribution in [-0.2, 0) is 14.8 Å². The maximum atomic E-state index is 11.4. The van der Waals surface area contributed by atoms with Gasteiger partial charge >= 0.3 is 0 Å². The Bertz CT molecular complexity index is 332. The minimum atomic E-state index is -3.12. The van der Waals surface area contributed by atoms with Crippen LogP contribution < -0.4 is 4.72 Å². The molecule has 1 amide bonds. The third-order valence-corrected chi connectivity index (χ3v) is 4.33. The Morgan fingerprint density at radius 3 is 2.31 bits per heavy atom. The minimum Gasteiger partial charge on any atom is -0.343 e. The van der Waals surface area contributed by atoms with Gasteiger partial charge in [0.2, 0.25) is 15.9 Å². The fraction of sp³-hybridized carbons (Fsp3) is 0.900. The third kappa shape index (κ3) is 3.75. The Hall–Kier alpha value is -0.620. The average Bonchev–Trinajstić information content (AvgIpc) is 2.28. The number of hydrogen-bond acceptors (Lipinski definition) is 3. The molecule has 1 heterocycles. The van der Waals surface area contributed by atoms with Gasteiger partial charge in [-0.05, 0) is 19.8 Å². The molecule has 0 spiro atoms. The summed E-state index contributed by atoms with van der Waals surface area (Å²) < 4.78 is 25.4. The van der Waals surface area contributed by atoms with Crippen molar-refractivity contribution in [2.75, 3.05) is 18.8 Å².